The van der Waals surface area contributed by atoms with Gasteiger partial charge in [-0.3, -0.25) is 9.48 Å². The minimum absolute atomic E-state index is 0.0729. The largest absolute Gasteiger partial charge is 0.396 e. The summed E-state index contributed by atoms with van der Waals surface area (Å²) in [6.07, 6.45) is 5.38. The number of piperidine rings is 1. The maximum Gasteiger partial charge on any atom is 0.276 e. The highest BCUT2D eigenvalue weighted by molar-refractivity contribution is 5.92. The van der Waals surface area contributed by atoms with Gasteiger partial charge in [-0.2, -0.15) is 0 Å². The van der Waals surface area contributed by atoms with Crippen molar-refractivity contribution in [1.82, 2.24) is 19.9 Å². The standard InChI is InChI=1S/C11H18N4O2/c1-14-8-10(12-13-14)11(17)15-6-3-2-4-9(15)5-7-16/h8-9,16H,2-7H2,1H3. The van der Waals surface area contributed by atoms with E-state index in [0.29, 0.717) is 12.1 Å². The number of likely N-dealkylation sites (tertiary alicyclic amines) is 1. The number of aryl methyl sites for hydroxylation is 1. The Hall–Kier alpha value is -1.43. The van der Waals surface area contributed by atoms with Crippen molar-refractivity contribution in [3.05, 3.63) is 11.9 Å². The Bertz CT molecular complexity index is 389. The smallest absolute Gasteiger partial charge is 0.276 e. The molecule has 1 aliphatic rings. The van der Waals surface area contributed by atoms with Crippen molar-refractivity contribution >= 4 is 5.91 Å². The number of carbonyl (C=O) groups is 1. The van der Waals surface area contributed by atoms with Crippen LogP contribution in [0.3, 0.4) is 0 Å². The Morgan fingerprint density at radius 3 is 3.06 bits per heavy atom. The Labute approximate surface area is 100 Å². The van der Waals surface area contributed by atoms with Crippen molar-refractivity contribution < 1.29 is 9.90 Å². The van der Waals surface area contributed by atoms with Crippen LogP contribution in [0.2, 0.25) is 0 Å². The summed E-state index contributed by atoms with van der Waals surface area (Å²) in [5, 5.41) is 16.6. The van der Waals surface area contributed by atoms with Gasteiger partial charge in [0.15, 0.2) is 5.69 Å². The first-order valence-electron chi connectivity index (χ1n) is 6.00. The van der Waals surface area contributed by atoms with Gasteiger partial charge >= 0.3 is 0 Å². The summed E-state index contributed by atoms with van der Waals surface area (Å²) >= 11 is 0. The van der Waals surface area contributed by atoms with Gasteiger partial charge in [-0.05, 0) is 25.7 Å². The third-order valence-electron chi connectivity index (χ3n) is 3.17. The molecule has 1 saturated heterocycles. The molecule has 1 amide bonds. The van der Waals surface area contributed by atoms with Crippen molar-refractivity contribution in [1.29, 1.82) is 0 Å². The molecule has 6 heteroatoms. The van der Waals surface area contributed by atoms with Crippen molar-refractivity contribution in [2.75, 3.05) is 13.2 Å². The van der Waals surface area contributed by atoms with Gasteiger partial charge in [0.05, 0.1) is 6.20 Å². The molecule has 1 aromatic heterocycles. The molecule has 1 atom stereocenters. The third-order valence-corrected chi connectivity index (χ3v) is 3.17. The Kier molecular flexibility index (Phi) is 3.73. The molecule has 17 heavy (non-hydrogen) atoms. The molecular weight excluding hydrogens is 220 g/mol. The van der Waals surface area contributed by atoms with E-state index in [0.717, 1.165) is 25.8 Å². The van der Waals surface area contributed by atoms with Crippen molar-refractivity contribution in [2.45, 2.75) is 31.7 Å². The summed E-state index contributed by atoms with van der Waals surface area (Å²) in [7, 11) is 1.74. The molecule has 2 rings (SSSR count). The summed E-state index contributed by atoms with van der Waals surface area (Å²) in [5.41, 5.74) is 0.386. The van der Waals surface area contributed by atoms with Gasteiger partial charge in [0.2, 0.25) is 0 Å². The number of aliphatic hydroxyl groups is 1. The fourth-order valence-corrected chi connectivity index (χ4v) is 2.31. The minimum atomic E-state index is -0.0729. The van der Waals surface area contributed by atoms with Crippen LogP contribution in [-0.4, -0.2) is 50.1 Å². The first-order valence-corrected chi connectivity index (χ1v) is 6.00. The lowest BCUT2D eigenvalue weighted by molar-refractivity contribution is 0.0568. The molecule has 0 spiro atoms. The van der Waals surface area contributed by atoms with Gasteiger partial charge in [0.1, 0.15) is 0 Å². The van der Waals surface area contributed by atoms with Crippen molar-refractivity contribution in [2.24, 2.45) is 7.05 Å². The second-order valence-electron chi connectivity index (χ2n) is 4.44. The van der Waals surface area contributed by atoms with Crippen LogP contribution >= 0.6 is 0 Å². The molecule has 1 aromatic rings. The van der Waals surface area contributed by atoms with Gasteiger partial charge in [0.25, 0.3) is 5.91 Å². The molecule has 1 unspecified atom stereocenters. The zero-order chi connectivity index (χ0) is 12.3. The summed E-state index contributed by atoms with van der Waals surface area (Å²) in [4.78, 5) is 14.0. The number of rotatable bonds is 3. The van der Waals surface area contributed by atoms with Crippen LogP contribution < -0.4 is 0 Å². The molecule has 0 saturated carbocycles. The lowest BCUT2D eigenvalue weighted by Crippen LogP contribution is -2.44. The molecule has 0 bridgehead atoms. The van der Waals surface area contributed by atoms with Crippen LogP contribution in [0, 0.1) is 0 Å². The van der Waals surface area contributed by atoms with E-state index in [2.05, 4.69) is 10.3 Å². The number of carbonyl (C=O) groups excluding carboxylic acids is 1. The van der Waals surface area contributed by atoms with Gasteiger partial charge in [-0.1, -0.05) is 5.21 Å². The quantitative estimate of drug-likeness (QED) is 0.816. The third kappa shape index (κ3) is 2.63. The fraction of sp³-hybridized carbons (Fsp3) is 0.727. The highest BCUT2D eigenvalue weighted by Crippen LogP contribution is 2.21. The Morgan fingerprint density at radius 1 is 1.59 bits per heavy atom. The fourth-order valence-electron chi connectivity index (χ4n) is 2.31. The van der Waals surface area contributed by atoms with Crippen LogP contribution in [0.5, 0.6) is 0 Å². The van der Waals surface area contributed by atoms with Gasteiger partial charge in [0, 0.05) is 26.2 Å². The zero-order valence-corrected chi connectivity index (χ0v) is 10.0. The molecule has 0 aromatic carbocycles. The number of nitrogens with zero attached hydrogens (tertiary/aromatic N) is 4. The molecule has 0 aliphatic carbocycles. The van der Waals surface area contributed by atoms with E-state index < -0.39 is 0 Å². The normalized spacial score (nSPS) is 20.6. The highest BCUT2D eigenvalue weighted by Gasteiger charge is 2.28. The summed E-state index contributed by atoms with van der Waals surface area (Å²) in [6, 6.07) is 0.142. The van der Waals surface area contributed by atoms with Crippen LogP contribution in [0.4, 0.5) is 0 Å². The second kappa shape index (κ2) is 5.27. The molecule has 94 valence electrons. The van der Waals surface area contributed by atoms with Crippen molar-refractivity contribution in [3.8, 4) is 0 Å². The number of hydrogen-bond acceptors (Lipinski definition) is 4. The molecule has 1 N–H and O–H groups in total. The lowest BCUT2D eigenvalue weighted by atomic mass is 9.99. The van der Waals surface area contributed by atoms with E-state index >= 15 is 0 Å². The molecule has 1 aliphatic heterocycles. The summed E-state index contributed by atoms with van der Waals surface area (Å²) in [5.74, 6) is -0.0729. The van der Waals surface area contributed by atoms with E-state index in [1.165, 1.54) is 4.68 Å². The Morgan fingerprint density at radius 2 is 2.41 bits per heavy atom. The van der Waals surface area contributed by atoms with Crippen LogP contribution in [0.15, 0.2) is 6.20 Å². The van der Waals surface area contributed by atoms with E-state index in [1.807, 2.05) is 4.90 Å². The van der Waals surface area contributed by atoms with Crippen molar-refractivity contribution in [3.63, 3.8) is 0 Å². The topological polar surface area (TPSA) is 71.2 Å². The lowest BCUT2D eigenvalue weighted by Gasteiger charge is -2.35. The predicted molar refractivity (Wildman–Crippen MR) is 61.4 cm³/mol. The number of hydrogen-bond donors (Lipinski definition) is 1. The van der Waals surface area contributed by atoms with Gasteiger partial charge in [-0.25, -0.2) is 0 Å². The zero-order valence-electron chi connectivity index (χ0n) is 10.0. The number of aliphatic hydroxyl groups excluding tert-OH is 1. The van der Waals surface area contributed by atoms with Crippen LogP contribution in [-0.2, 0) is 7.05 Å². The van der Waals surface area contributed by atoms with Crippen LogP contribution in [0.1, 0.15) is 36.2 Å². The first-order chi connectivity index (χ1) is 8.22. The molecule has 1 fully saturated rings. The molecule has 6 nitrogen and oxygen atoms in total. The Balaban J connectivity index is 2.10. The van der Waals surface area contributed by atoms with E-state index in [4.69, 9.17) is 5.11 Å². The van der Waals surface area contributed by atoms with Crippen LogP contribution in [0.25, 0.3) is 0 Å². The second-order valence-corrected chi connectivity index (χ2v) is 4.44. The average molecular weight is 238 g/mol. The maximum atomic E-state index is 12.2. The molecule has 2 heterocycles. The summed E-state index contributed by atoms with van der Waals surface area (Å²) in [6.45, 7) is 0.870. The SMILES string of the molecule is Cn1cc(C(=O)N2CCCCC2CCO)nn1. The van der Waals surface area contributed by atoms with Gasteiger partial charge < -0.3 is 10.0 Å². The highest BCUT2D eigenvalue weighted by atomic mass is 16.3. The number of aromatic nitrogens is 3. The average Bonchev–Trinajstić information content (AvgIpc) is 2.76. The van der Waals surface area contributed by atoms with E-state index in [1.54, 1.807) is 13.2 Å². The molecule has 0 radical (unpaired) electrons. The first kappa shape index (κ1) is 12.0. The predicted octanol–water partition coefficient (Wildman–Crippen LogP) is 0.192. The number of amides is 1. The summed E-state index contributed by atoms with van der Waals surface area (Å²) < 4.78 is 1.53. The van der Waals surface area contributed by atoms with E-state index in [9.17, 15) is 4.79 Å². The van der Waals surface area contributed by atoms with Gasteiger partial charge in [-0.15, -0.1) is 5.10 Å². The molecular formula is C11H18N4O2. The minimum Gasteiger partial charge on any atom is -0.396 e. The monoisotopic (exact) mass is 238 g/mol. The maximum absolute atomic E-state index is 12.2. The van der Waals surface area contributed by atoms with E-state index in [-0.39, 0.29) is 18.6 Å².